The first kappa shape index (κ1) is 24.1. The van der Waals surface area contributed by atoms with Crippen molar-refractivity contribution in [2.24, 2.45) is 0 Å². The summed E-state index contributed by atoms with van der Waals surface area (Å²) >= 11 is 0. The zero-order valence-corrected chi connectivity index (χ0v) is 19.4. The second-order valence-corrected chi connectivity index (χ2v) is 6.90. The fourth-order valence-electron chi connectivity index (χ4n) is 3.49. The molecule has 0 atom stereocenters. The van der Waals surface area contributed by atoms with Crippen molar-refractivity contribution >= 4 is 21.9 Å². The average Bonchev–Trinajstić information content (AvgIpc) is 3.25. The summed E-state index contributed by atoms with van der Waals surface area (Å²) in [5.41, 5.74) is 5.67. The second kappa shape index (κ2) is 11.3. The molecule has 0 N–H and O–H groups in total. The van der Waals surface area contributed by atoms with E-state index < -0.39 is 0 Å². The van der Waals surface area contributed by atoms with Gasteiger partial charge in [-0.15, -0.1) is 71.8 Å². The Bertz CT molecular complexity index is 1380. The Hall–Kier alpha value is -3.59. The maximum Gasteiger partial charge on any atom is 0.134 e. The van der Waals surface area contributed by atoms with E-state index in [0.29, 0.717) is 0 Å². The number of hydrogen-bond donors (Lipinski definition) is 0. The monoisotopic (exact) mass is 607 g/mol. The smallest absolute Gasteiger partial charge is 0.134 e. The third kappa shape index (κ3) is 5.25. The van der Waals surface area contributed by atoms with Crippen LogP contribution in [0.15, 0.2) is 114 Å². The third-order valence-electron chi connectivity index (χ3n) is 4.90. The quantitative estimate of drug-likeness (QED) is 0.190. The van der Waals surface area contributed by atoms with Crippen LogP contribution in [0.3, 0.4) is 0 Å². The molecule has 4 heteroatoms. The van der Waals surface area contributed by atoms with Gasteiger partial charge in [0.1, 0.15) is 11.2 Å². The summed E-state index contributed by atoms with van der Waals surface area (Å²) in [6.07, 6.45) is 3.57. The van der Waals surface area contributed by atoms with Gasteiger partial charge in [0.15, 0.2) is 0 Å². The van der Waals surface area contributed by atoms with Crippen LogP contribution < -0.4 is 0 Å². The van der Waals surface area contributed by atoms with Gasteiger partial charge >= 0.3 is 0 Å². The van der Waals surface area contributed by atoms with Crippen LogP contribution in [0.1, 0.15) is 7.43 Å². The fourth-order valence-corrected chi connectivity index (χ4v) is 3.49. The van der Waals surface area contributed by atoms with Gasteiger partial charge in [0, 0.05) is 43.3 Å². The Labute approximate surface area is 207 Å². The first-order valence-corrected chi connectivity index (χ1v) is 10.0. The van der Waals surface area contributed by atoms with Crippen molar-refractivity contribution in [2.45, 2.75) is 7.43 Å². The van der Waals surface area contributed by atoms with Gasteiger partial charge in [-0.2, -0.15) is 0 Å². The summed E-state index contributed by atoms with van der Waals surface area (Å²) in [4.78, 5) is 8.73. The second-order valence-electron chi connectivity index (χ2n) is 6.90. The summed E-state index contributed by atoms with van der Waals surface area (Å²) < 4.78 is 5.86. The van der Waals surface area contributed by atoms with E-state index in [-0.39, 0.29) is 27.5 Å². The van der Waals surface area contributed by atoms with E-state index in [9.17, 15) is 0 Å². The van der Waals surface area contributed by atoms with Gasteiger partial charge in [0.25, 0.3) is 0 Å². The molecule has 0 saturated carbocycles. The molecular weight excluding hydrogens is 585 g/mol. The number of pyridine rings is 2. The average molecular weight is 607 g/mol. The van der Waals surface area contributed by atoms with Gasteiger partial charge in [-0.05, 0) is 29.6 Å². The zero-order chi connectivity index (χ0) is 20.9. The number of fused-ring (bicyclic) bond motifs is 3. The molecule has 0 unspecified atom stereocenters. The molecule has 3 aromatic heterocycles. The molecular formula is C29H22IrN2O-2. The van der Waals surface area contributed by atoms with Crippen LogP contribution in [0.25, 0.3) is 44.5 Å². The molecule has 0 aliphatic rings. The molecule has 1 radical (unpaired) electrons. The summed E-state index contributed by atoms with van der Waals surface area (Å²) in [7, 11) is 0. The number of nitrogens with zero attached hydrogens (tertiary/aromatic N) is 2. The van der Waals surface area contributed by atoms with Crippen molar-refractivity contribution in [1.82, 2.24) is 9.97 Å². The number of furan rings is 1. The predicted molar refractivity (Wildman–Crippen MR) is 131 cm³/mol. The van der Waals surface area contributed by atoms with Gasteiger partial charge < -0.3 is 14.4 Å². The molecule has 0 aliphatic carbocycles. The van der Waals surface area contributed by atoms with Crippen LogP contribution in [-0.2, 0) is 20.1 Å². The Kier molecular flexibility index (Phi) is 8.26. The molecule has 0 aliphatic heterocycles. The van der Waals surface area contributed by atoms with Crippen molar-refractivity contribution in [3.8, 4) is 22.5 Å². The fraction of sp³-hybridized carbons (Fsp3) is 0.0345. The number of hydrogen-bond acceptors (Lipinski definition) is 3. The summed E-state index contributed by atoms with van der Waals surface area (Å²) in [5.74, 6) is 0. The van der Waals surface area contributed by atoms with Crippen molar-refractivity contribution in [2.75, 3.05) is 0 Å². The minimum atomic E-state index is 0. The first-order chi connectivity index (χ1) is 15.4. The Morgan fingerprint density at radius 3 is 2.00 bits per heavy atom. The minimum absolute atomic E-state index is 0. The molecule has 3 aromatic carbocycles. The van der Waals surface area contributed by atoms with E-state index in [2.05, 4.69) is 28.2 Å². The van der Waals surface area contributed by atoms with Crippen LogP contribution in [0.4, 0.5) is 0 Å². The Morgan fingerprint density at radius 2 is 1.30 bits per heavy atom. The standard InChI is InChI=1S/C17H10NO.C11H8N.CH4.Ir/c1-2-6-12(7-3-1)17-16-13-8-4-5-9-14(13)19-15(16)10-11-18-17;1-2-6-10(7-3-1)11-8-4-5-9-12-11;;/h1-6,8-11H;1-6,8-9H;1H4;/q2*-1;;. The summed E-state index contributed by atoms with van der Waals surface area (Å²) in [6.45, 7) is 0. The molecule has 0 bridgehead atoms. The largest absolute Gasteiger partial charge is 0.457 e. The Balaban J connectivity index is 0.000000192. The molecule has 3 heterocycles. The number of rotatable bonds is 2. The van der Waals surface area contributed by atoms with Crippen molar-refractivity contribution in [3.05, 3.63) is 122 Å². The van der Waals surface area contributed by atoms with Crippen LogP contribution >= 0.6 is 0 Å². The van der Waals surface area contributed by atoms with Crippen molar-refractivity contribution < 1.29 is 24.5 Å². The number of para-hydroxylation sites is 1. The van der Waals surface area contributed by atoms with E-state index in [4.69, 9.17) is 4.42 Å². The van der Waals surface area contributed by atoms with E-state index >= 15 is 0 Å². The van der Waals surface area contributed by atoms with Gasteiger partial charge in [-0.25, -0.2) is 0 Å². The maximum absolute atomic E-state index is 5.86. The van der Waals surface area contributed by atoms with E-state index in [0.717, 1.165) is 44.5 Å². The Morgan fingerprint density at radius 1 is 0.606 bits per heavy atom. The summed E-state index contributed by atoms with van der Waals surface area (Å²) in [6, 6.07) is 37.9. The van der Waals surface area contributed by atoms with Crippen LogP contribution in [0.5, 0.6) is 0 Å². The predicted octanol–water partition coefficient (Wildman–Crippen LogP) is 7.63. The van der Waals surface area contributed by atoms with E-state index in [1.54, 1.807) is 12.4 Å². The zero-order valence-electron chi connectivity index (χ0n) is 17.0. The molecule has 0 saturated heterocycles. The molecule has 0 amide bonds. The minimum Gasteiger partial charge on any atom is -0.457 e. The van der Waals surface area contributed by atoms with Crippen molar-refractivity contribution in [3.63, 3.8) is 0 Å². The topological polar surface area (TPSA) is 38.9 Å². The molecule has 6 aromatic rings. The van der Waals surface area contributed by atoms with Crippen LogP contribution in [-0.4, -0.2) is 9.97 Å². The van der Waals surface area contributed by atoms with Crippen LogP contribution in [0.2, 0.25) is 0 Å². The maximum atomic E-state index is 5.86. The van der Waals surface area contributed by atoms with E-state index in [1.807, 2.05) is 91.0 Å². The van der Waals surface area contributed by atoms with Gasteiger partial charge in [0.05, 0.1) is 0 Å². The van der Waals surface area contributed by atoms with Gasteiger partial charge in [-0.1, -0.05) is 37.8 Å². The molecule has 165 valence electrons. The SMILES string of the molecule is C.[Ir].[c-]1ccccc1-c1ccccn1.[c-]1ccccc1-c1nccc2oc3ccccc3c12. The molecule has 6 rings (SSSR count). The van der Waals surface area contributed by atoms with Gasteiger partial charge in [0.2, 0.25) is 0 Å². The first-order valence-electron chi connectivity index (χ1n) is 10.0. The van der Waals surface area contributed by atoms with Crippen LogP contribution in [0, 0.1) is 12.1 Å². The van der Waals surface area contributed by atoms with E-state index in [1.165, 1.54) is 0 Å². The molecule has 0 fully saturated rings. The molecule has 0 spiro atoms. The van der Waals surface area contributed by atoms with Crippen molar-refractivity contribution in [1.29, 1.82) is 0 Å². The normalized spacial score (nSPS) is 9.94. The summed E-state index contributed by atoms with van der Waals surface area (Å²) in [5, 5.41) is 2.15. The number of aromatic nitrogens is 2. The van der Waals surface area contributed by atoms with Gasteiger partial charge in [-0.3, -0.25) is 0 Å². The molecule has 3 nitrogen and oxygen atoms in total. The third-order valence-corrected chi connectivity index (χ3v) is 4.90. The number of benzene rings is 3. The molecule has 33 heavy (non-hydrogen) atoms.